The molecule has 0 saturated carbocycles. The molecule has 1 aromatic rings. The largest absolute Gasteiger partial charge is 0.314 e. The maximum Gasteiger partial charge on any atom is 0.145 e. The van der Waals surface area contributed by atoms with Crippen LogP contribution in [0.3, 0.4) is 0 Å². The van der Waals surface area contributed by atoms with Crippen molar-refractivity contribution in [2.45, 2.75) is 13.0 Å². The summed E-state index contributed by atoms with van der Waals surface area (Å²) in [5.74, 6) is 0.903. The van der Waals surface area contributed by atoms with Crippen LogP contribution < -0.4 is 5.32 Å². The highest BCUT2D eigenvalue weighted by Crippen LogP contribution is 2.17. The van der Waals surface area contributed by atoms with Gasteiger partial charge in [0.05, 0.1) is 10.5 Å². The summed E-state index contributed by atoms with van der Waals surface area (Å²) in [7, 11) is 0. The predicted molar refractivity (Wildman–Crippen MR) is 62.6 cm³/mol. The summed E-state index contributed by atoms with van der Waals surface area (Å²) in [5, 5.41) is 3.34. The molecule has 1 aromatic heterocycles. The summed E-state index contributed by atoms with van der Waals surface area (Å²) in [6, 6.07) is 0.306. The van der Waals surface area contributed by atoms with E-state index in [-0.39, 0.29) is 0 Å². The van der Waals surface area contributed by atoms with Crippen molar-refractivity contribution in [3.8, 4) is 0 Å². The van der Waals surface area contributed by atoms with E-state index in [4.69, 9.17) is 0 Å². The Morgan fingerprint density at radius 2 is 1.93 bits per heavy atom. The zero-order chi connectivity index (χ0) is 10.7. The van der Waals surface area contributed by atoms with Crippen LogP contribution in [0.25, 0.3) is 0 Å². The molecule has 1 saturated heterocycles. The van der Waals surface area contributed by atoms with Crippen LogP contribution in [0, 0.1) is 0 Å². The highest BCUT2D eigenvalue weighted by Gasteiger charge is 2.19. The lowest BCUT2D eigenvalue weighted by Gasteiger charge is -2.31. The van der Waals surface area contributed by atoms with Crippen molar-refractivity contribution < 1.29 is 0 Å². The zero-order valence-corrected chi connectivity index (χ0v) is 10.4. The second-order valence-electron chi connectivity index (χ2n) is 3.72. The summed E-state index contributed by atoms with van der Waals surface area (Å²) in [5.41, 5.74) is 0. The maximum absolute atomic E-state index is 4.33. The van der Waals surface area contributed by atoms with Crippen LogP contribution in [-0.4, -0.2) is 41.0 Å². The number of rotatable bonds is 2. The van der Waals surface area contributed by atoms with Crippen molar-refractivity contribution in [1.82, 2.24) is 20.2 Å². The van der Waals surface area contributed by atoms with Crippen molar-refractivity contribution >= 4 is 15.9 Å². The molecule has 0 aliphatic carbocycles. The van der Waals surface area contributed by atoms with Gasteiger partial charge in [0, 0.05) is 38.6 Å². The molecule has 1 fully saturated rings. The highest BCUT2D eigenvalue weighted by atomic mass is 79.9. The van der Waals surface area contributed by atoms with Crippen molar-refractivity contribution in [2.24, 2.45) is 0 Å². The number of nitrogens with one attached hydrogen (secondary N) is 1. The molecule has 1 atom stereocenters. The van der Waals surface area contributed by atoms with E-state index >= 15 is 0 Å². The molecule has 0 aromatic carbocycles. The Morgan fingerprint density at radius 3 is 2.53 bits per heavy atom. The molecule has 0 radical (unpaired) electrons. The second-order valence-corrected chi connectivity index (χ2v) is 4.64. The second kappa shape index (κ2) is 5.01. The topological polar surface area (TPSA) is 41.1 Å². The van der Waals surface area contributed by atoms with Gasteiger partial charge in [0.15, 0.2) is 0 Å². The minimum atomic E-state index is 0.306. The minimum Gasteiger partial charge on any atom is -0.314 e. The molecular formula is C10H15BrN4. The SMILES string of the molecule is CC(c1ncc(Br)cn1)N1CCNCC1. The molecule has 2 heterocycles. The fraction of sp³-hybridized carbons (Fsp3) is 0.600. The molecule has 5 heteroatoms. The summed E-state index contributed by atoms with van der Waals surface area (Å²) in [6.45, 7) is 6.41. The fourth-order valence-corrected chi connectivity index (χ4v) is 1.98. The van der Waals surface area contributed by atoms with E-state index in [2.05, 4.69) is 43.0 Å². The van der Waals surface area contributed by atoms with Gasteiger partial charge in [-0.15, -0.1) is 0 Å². The lowest BCUT2D eigenvalue weighted by molar-refractivity contribution is 0.179. The first-order valence-electron chi connectivity index (χ1n) is 5.19. The fourth-order valence-electron chi connectivity index (χ4n) is 1.77. The van der Waals surface area contributed by atoms with E-state index in [9.17, 15) is 0 Å². The Kier molecular flexibility index (Phi) is 3.66. The van der Waals surface area contributed by atoms with Gasteiger partial charge < -0.3 is 5.32 Å². The van der Waals surface area contributed by atoms with E-state index in [0.717, 1.165) is 36.5 Å². The van der Waals surface area contributed by atoms with E-state index in [1.165, 1.54) is 0 Å². The average Bonchev–Trinajstić information content (AvgIpc) is 2.30. The average molecular weight is 271 g/mol. The lowest BCUT2D eigenvalue weighted by atomic mass is 10.2. The van der Waals surface area contributed by atoms with E-state index in [1.807, 2.05) is 0 Å². The van der Waals surface area contributed by atoms with Crippen molar-refractivity contribution in [2.75, 3.05) is 26.2 Å². The number of hydrogen-bond donors (Lipinski definition) is 1. The van der Waals surface area contributed by atoms with Crippen LogP contribution >= 0.6 is 15.9 Å². The first-order valence-corrected chi connectivity index (χ1v) is 5.99. The molecule has 1 aliphatic rings. The third kappa shape index (κ3) is 2.74. The molecular weight excluding hydrogens is 256 g/mol. The Balaban J connectivity index is 2.05. The number of hydrogen-bond acceptors (Lipinski definition) is 4. The van der Waals surface area contributed by atoms with Gasteiger partial charge in [-0.25, -0.2) is 9.97 Å². The molecule has 15 heavy (non-hydrogen) atoms. The summed E-state index contributed by atoms with van der Waals surface area (Å²) < 4.78 is 0.929. The predicted octanol–water partition coefficient (Wildman–Crippen LogP) is 1.21. The molecule has 0 bridgehead atoms. The van der Waals surface area contributed by atoms with Gasteiger partial charge in [0.25, 0.3) is 0 Å². The van der Waals surface area contributed by atoms with Crippen LogP contribution in [0.1, 0.15) is 18.8 Å². The van der Waals surface area contributed by atoms with Crippen LogP contribution in [0.5, 0.6) is 0 Å². The third-order valence-corrected chi connectivity index (χ3v) is 3.12. The van der Waals surface area contributed by atoms with E-state index in [1.54, 1.807) is 12.4 Å². The van der Waals surface area contributed by atoms with Gasteiger partial charge in [-0.3, -0.25) is 4.90 Å². The van der Waals surface area contributed by atoms with Gasteiger partial charge in [0.2, 0.25) is 0 Å². The Hall–Kier alpha value is -0.520. The molecule has 2 rings (SSSR count). The maximum atomic E-state index is 4.33. The Labute approximate surface area is 98.2 Å². The first kappa shape index (κ1) is 11.0. The smallest absolute Gasteiger partial charge is 0.145 e. The van der Waals surface area contributed by atoms with Crippen molar-refractivity contribution in [3.63, 3.8) is 0 Å². The monoisotopic (exact) mass is 270 g/mol. The standard InChI is InChI=1S/C10H15BrN4/c1-8(15-4-2-12-3-5-15)10-13-6-9(11)7-14-10/h6-8,12H,2-5H2,1H3. The van der Waals surface area contributed by atoms with Gasteiger partial charge in [-0.1, -0.05) is 0 Å². The number of nitrogens with zero attached hydrogens (tertiary/aromatic N) is 3. The molecule has 4 nitrogen and oxygen atoms in total. The van der Waals surface area contributed by atoms with Gasteiger partial charge in [-0.2, -0.15) is 0 Å². The third-order valence-electron chi connectivity index (χ3n) is 2.71. The molecule has 1 N–H and O–H groups in total. The Bertz CT molecular complexity index is 308. The summed E-state index contributed by atoms with van der Waals surface area (Å²) >= 11 is 3.34. The van der Waals surface area contributed by atoms with Crippen LogP contribution in [0.2, 0.25) is 0 Å². The summed E-state index contributed by atoms with van der Waals surface area (Å²) in [4.78, 5) is 11.1. The number of halogens is 1. The number of aromatic nitrogens is 2. The van der Waals surface area contributed by atoms with Crippen LogP contribution in [0.15, 0.2) is 16.9 Å². The molecule has 0 spiro atoms. The molecule has 1 unspecified atom stereocenters. The summed E-state index contributed by atoms with van der Waals surface area (Å²) in [6.07, 6.45) is 3.61. The van der Waals surface area contributed by atoms with Gasteiger partial charge in [-0.05, 0) is 22.9 Å². The Morgan fingerprint density at radius 1 is 1.33 bits per heavy atom. The van der Waals surface area contributed by atoms with E-state index < -0.39 is 0 Å². The molecule has 1 aliphatic heterocycles. The van der Waals surface area contributed by atoms with Gasteiger partial charge in [0.1, 0.15) is 5.82 Å². The zero-order valence-electron chi connectivity index (χ0n) is 8.78. The highest BCUT2D eigenvalue weighted by molar-refractivity contribution is 9.10. The minimum absolute atomic E-state index is 0.306. The molecule has 82 valence electrons. The van der Waals surface area contributed by atoms with E-state index in [0.29, 0.717) is 6.04 Å². The van der Waals surface area contributed by atoms with Crippen molar-refractivity contribution in [3.05, 3.63) is 22.7 Å². The first-order chi connectivity index (χ1) is 7.27. The van der Waals surface area contributed by atoms with Gasteiger partial charge >= 0.3 is 0 Å². The van der Waals surface area contributed by atoms with Crippen LogP contribution in [0.4, 0.5) is 0 Å². The van der Waals surface area contributed by atoms with Crippen molar-refractivity contribution in [1.29, 1.82) is 0 Å². The number of piperazine rings is 1. The normalized spacial score (nSPS) is 20.1. The molecule has 0 amide bonds. The quantitative estimate of drug-likeness (QED) is 0.877. The van der Waals surface area contributed by atoms with Crippen LogP contribution in [-0.2, 0) is 0 Å². The lowest BCUT2D eigenvalue weighted by Crippen LogP contribution is -2.44.